The largest absolute Gasteiger partial charge is 0.486 e. The summed E-state index contributed by atoms with van der Waals surface area (Å²) in [5.41, 5.74) is 0.727. The Balaban J connectivity index is 2.21. The Morgan fingerprint density at radius 3 is 2.79 bits per heavy atom. The van der Waals surface area contributed by atoms with Gasteiger partial charge in [0.05, 0.1) is 10.6 Å². The van der Waals surface area contributed by atoms with Crippen molar-refractivity contribution < 1.29 is 13.9 Å². The molecular formula is C14H9BrClFO2. The third-order valence-corrected chi connectivity index (χ3v) is 3.30. The summed E-state index contributed by atoms with van der Waals surface area (Å²) >= 11 is 9.13. The predicted molar refractivity (Wildman–Crippen MR) is 75.3 cm³/mol. The highest BCUT2D eigenvalue weighted by molar-refractivity contribution is 9.10. The lowest BCUT2D eigenvalue weighted by atomic mass is 10.2. The second-order valence-electron chi connectivity index (χ2n) is 3.80. The van der Waals surface area contributed by atoms with E-state index in [0.717, 1.165) is 0 Å². The lowest BCUT2D eigenvalue weighted by Gasteiger charge is -2.10. The van der Waals surface area contributed by atoms with Crippen LogP contribution in [-0.2, 0) is 6.61 Å². The number of hydrogen-bond donors (Lipinski definition) is 0. The molecule has 0 bridgehead atoms. The summed E-state index contributed by atoms with van der Waals surface area (Å²) in [5.74, 6) is -0.115. The molecule has 0 atom stereocenters. The summed E-state index contributed by atoms with van der Waals surface area (Å²) in [7, 11) is 0. The van der Waals surface area contributed by atoms with E-state index >= 15 is 0 Å². The van der Waals surface area contributed by atoms with Gasteiger partial charge in [0, 0.05) is 10.0 Å². The Morgan fingerprint density at radius 2 is 2.11 bits per heavy atom. The number of benzene rings is 2. The van der Waals surface area contributed by atoms with Gasteiger partial charge in [0.25, 0.3) is 0 Å². The maximum absolute atomic E-state index is 13.6. The number of ether oxygens (including phenoxy) is 1. The van der Waals surface area contributed by atoms with E-state index in [1.165, 1.54) is 6.07 Å². The molecule has 0 saturated heterocycles. The molecular weight excluding hydrogens is 335 g/mol. The average molecular weight is 344 g/mol. The van der Waals surface area contributed by atoms with Gasteiger partial charge in [-0.25, -0.2) is 4.39 Å². The van der Waals surface area contributed by atoms with Crippen LogP contribution in [0.5, 0.6) is 5.75 Å². The first kappa shape index (κ1) is 14.0. The van der Waals surface area contributed by atoms with E-state index in [0.29, 0.717) is 26.9 Å². The van der Waals surface area contributed by atoms with Gasteiger partial charge in [-0.2, -0.15) is 0 Å². The molecule has 0 aliphatic carbocycles. The summed E-state index contributed by atoms with van der Waals surface area (Å²) in [6.07, 6.45) is 0.652. The zero-order valence-electron chi connectivity index (χ0n) is 9.70. The minimum atomic E-state index is -0.380. The number of para-hydroxylation sites is 1. The van der Waals surface area contributed by atoms with Crippen LogP contribution in [-0.4, -0.2) is 6.29 Å². The summed E-state index contributed by atoms with van der Waals surface area (Å²) in [6.45, 7) is 0.00366. The molecule has 0 spiro atoms. The summed E-state index contributed by atoms with van der Waals surface area (Å²) in [5, 5.41) is 0.321. The third-order valence-electron chi connectivity index (χ3n) is 2.51. The molecule has 2 aromatic rings. The van der Waals surface area contributed by atoms with E-state index in [1.807, 2.05) is 0 Å². The van der Waals surface area contributed by atoms with Gasteiger partial charge in [0.1, 0.15) is 18.2 Å². The van der Waals surface area contributed by atoms with Gasteiger partial charge < -0.3 is 4.74 Å². The minimum Gasteiger partial charge on any atom is -0.486 e. The van der Waals surface area contributed by atoms with E-state index in [4.69, 9.17) is 16.3 Å². The fourth-order valence-electron chi connectivity index (χ4n) is 1.56. The first-order chi connectivity index (χ1) is 9.11. The molecule has 0 unspecified atom stereocenters. The van der Waals surface area contributed by atoms with E-state index in [2.05, 4.69) is 15.9 Å². The van der Waals surface area contributed by atoms with Crippen molar-refractivity contribution in [2.75, 3.05) is 0 Å². The Kier molecular flexibility index (Phi) is 4.56. The fraction of sp³-hybridized carbons (Fsp3) is 0.0714. The van der Waals surface area contributed by atoms with Crippen molar-refractivity contribution in [2.24, 2.45) is 0 Å². The van der Waals surface area contributed by atoms with Gasteiger partial charge in [-0.15, -0.1) is 0 Å². The van der Waals surface area contributed by atoms with Crippen LogP contribution in [0.15, 0.2) is 40.9 Å². The van der Waals surface area contributed by atoms with E-state index in [1.54, 1.807) is 30.3 Å². The molecule has 2 aromatic carbocycles. The van der Waals surface area contributed by atoms with Crippen LogP contribution in [0.4, 0.5) is 4.39 Å². The number of aldehydes is 1. The Morgan fingerprint density at radius 1 is 1.32 bits per heavy atom. The Hall–Kier alpha value is -1.39. The van der Waals surface area contributed by atoms with Gasteiger partial charge >= 0.3 is 0 Å². The normalized spacial score (nSPS) is 10.3. The van der Waals surface area contributed by atoms with Crippen LogP contribution in [0.25, 0.3) is 0 Å². The molecule has 2 rings (SSSR count). The van der Waals surface area contributed by atoms with Crippen molar-refractivity contribution in [3.63, 3.8) is 0 Å². The first-order valence-corrected chi connectivity index (χ1v) is 6.59. The SMILES string of the molecule is O=Cc1cccc(Cl)c1OCc1ccc(Br)cc1F. The average Bonchev–Trinajstić information content (AvgIpc) is 2.39. The van der Waals surface area contributed by atoms with E-state index < -0.39 is 0 Å². The Bertz CT molecular complexity index is 616. The molecule has 0 amide bonds. The van der Waals surface area contributed by atoms with Gasteiger partial charge in [-0.05, 0) is 24.3 Å². The van der Waals surface area contributed by atoms with Gasteiger partial charge in [-0.1, -0.05) is 39.7 Å². The Labute approximate surface area is 123 Å². The standard InChI is InChI=1S/C14H9BrClFO2/c15-11-5-4-10(13(17)6-11)8-19-14-9(7-18)2-1-3-12(14)16/h1-7H,8H2. The van der Waals surface area contributed by atoms with Gasteiger partial charge in [0.15, 0.2) is 6.29 Å². The zero-order valence-corrected chi connectivity index (χ0v) is 12.0. The molecule has 19 heavy (non-hydrogen) atoms. The highest BCUT2D eigenvalue weighted by Gasteiger charge is 2.10. The molecule has 0 aliphatic heterocycles. The molecule has 5 heteroatoms. The number of carbonyl (C=O) groups excluding carboxylic acids is 1. The highest BCUT2D eigenvalue weighted by atomic mass is 79.9. The third kappa shape index (κ3) is 3.33. The summed E-state index contributed by atoms with van der Waals surface area (Å²) < 4.78 is 19.7. The van der Waals surface area contributed by atoms with Crippen molar-refractivity contribution in [1.82, 2.24) is 0 Å². The van der Waals surface area contributed by atoms with Crippen molar-refractivity contribution in [3.8, 4) is 5.75 Å². The molecule has 0 radical (unpaired) electrons. The van der Waals surface area contributed by atoms with Crippen molar-refractivity contribution in [2.45, 2.75) is 6.61 Å². The fourth-order valence-corrected chi connectivity index (χ4v) is 2.13. The monoisotopic (exact) mass is 342 g/mol. The molecule has 0 heterocycles. The van der Waals surface area contributed by atoms with E-state index in [-0.39, 0.29) is 18.2 Å². The van der Waals surface area contributed by atoms with Crippen molar-refractivity contribution >= 4 is 33.8 Å². The van der Waals surface area contributed by atoms with E-state index in [9.17, 15) is 9.18 Å². The topological polar surface area (TPSA) is 26.3 Å². The maximum atomic E-state index is 13.6. The summed E-state index contributed by atoms with van der Waals surface area (Å²) in [4.78, 5) is 10.9. The van der Waals surface area contributed by atoms with Crippen LogP contribution in [0.3, 0.4) is 0 Å². The second kappa shape index (κ2) is 6.17. The molecule has 0 aromatic heterocycles. The maximum Gasteiger partial charge on any atom is 0.153 e. The number of rotatable bonds is 4. The highest BCUT2D eigenvalue weighted by Crippen LogP contribution is 2.28. The molecule has 0 N–H and O–H groups in total. The molecule has 0 fully saturated rings. The first-order valence-electron chi connectivity index (χ1n) is 5.42. The molecule has 2 nitrogen and oxygen atoms in total. The van der Waals surface area contributed by atoms with Crippen LogP contribution < -0.4 is 4.74 Å². The molecule has 0 saturated carbocycles. The summed E-state index contributed by atoms with van der Waals surface area (Å²) in [6, 6.07) is 9.53. The van der Waals surface area contributed by atoms with Crippen LogP contribution >= 0.6 is 27.5 Å². The second-order valence-corrected chi connectivity index (χ2v) is 5.12. The number of carbonyl (C=O) groups is 1. The van der Waals surface area contributed by atoms with Gasteiger partial charge in [-0.3, -0.25) is 4.79 Å². The quantitative estimate of drug-likeness (QED) is 0.756. The van der Waals surface area contributed by atoms with Crippen LogP contribution in [0.1, 0.15) is 15.9 Å². The number of halogens is 3. The smallest absolute Gasteiger partial charge is 0.153 e. The predicted octanol–water partition coefficient (Wildman–Crippen LogP) is 4.63. The minimum absolute atomic E-state index is 0.00366. The molecule has 98 valence electrons. The lowest BCUT2D eigenvalue weighted by Crippen LogP contribution is -2.01. The molecule has 0 aliphatic rings. The lowest BCUT2D eigenvalue weighted by molar-refractivity contribution is 0.111. The van der Waals surface area contributed by atoms with Crippen LogP contribution in [0, 0.1) is 5.82 Å². The number of hydrogen-bond acceptors (Lipinski definition) is 2. The van der Waals surface area contributed by atoms with Gasteiger partial charge in [0.2, 0.25) is 0 Å². The zero-order chi connectivity index (χ0) is 13.8. The van der Waals surface area contributed by atoms with Crippen molar-refractivity contribution in [3.05, 3.63) is 62.8 Å². The van der Waals surface area contributed by atoms with Crippen molar-refractivity contribution in [1.29, 1.82) is 0 Å². The van der Waals surface area contributed by atoms with Crippen LogP contribution in [0.2, 0.25) is 5.02 Å².